The fraction of sp³-hybridized carbons (Fsp3) is 0.0833. The van der Waals surface area contributed by atoms with Gasteiger partial charge in [0.2, 0.25) is 0 Å². The largest absolute Gasteiger partial charge is 0.465 e. The minimum absolute atomic E-state index is 0.0500. The van der Waals surface area contributed by atoms with E-state index in [1.807, 2.05) is 0 Å². The summed E-state index contributed by atoms with van der Waals surface area (Å²) in [6, 6.07) is 16.0. The van der Waals surface area contributed by atoms with Gasteiger partial charge in [0.15, 0.2) is 9.84 Å². The van der Waals surface area contributed by atoms with Gasteiger partial charge in [-0.15, -0.1) is 0 Å². The number of methoxy groups -OCH3 is 1. The monoisotopic (exact) mass is 533 g/mol. The molecule has 0 saturated carbocycles. The minimum Gasteiger partial charge on any atom is -0.465 e. The Morgan fingerprint density at radius 2 is 1.74 bits per heavy atom. The first-order chi connectivity index (χ1) is 16.2. The lowest BCUT2D eigenvalue weighted by Gasteiger charge is -2.19. The number of halogens is 2. The second kappa shape index (κ2) is 9.84. The quantitative estimate of drug-likeness (QED) is 0.327. The maximum atomic E-state index is 13.0. The molecule has 1 aliphatic heterocycles. The summed E-state index contributed by atoms with van der Waals surface area (Å²) in [5.41, 5.74) is 1.86. The molecule has 0 atom stereocenters. The van der Waals surface area contributed by atoms with Crippen molar-refractivity contribution in [3.05, 3.63) is 92.3 Å². The van der Waals surface area contributed by atoms with Crippen LogP contribution in [0.1, 0.15) is 21.5 Å². The zero-order valence-electron chi connectivity index (χ0n) is 17.7. The number of amides is 1. The van der Waals surface area contributed by atoms with Crippen LogP contribution in [0.5, 0.6) is 0 Å². The molecular weight excluding hydrogens is 517 g/mol. The van der Waals surface area contributed by atoms with Crippen LogP contribution in [0.3, 0.4) is 0 Å². The summed E-state index contributed by atoms with van der Waals surface area (Å²) < 4.78 is 30.7. The Kier molecular flexibility index (Phi) is 7.04. The maximum absolute atomic E-state index is 13.0. The lowest BCUT2D eigenvalue weighted by Crippen LogP contribution is -2.18. The molecule has 0 fully saturated rings. The number of sulfone groups is 1. The number of rotatable bonds is 5. The Morgan fingerprint density at radius 3 is 2.38 bits per heavy atom. The van der Waals surface area contributed by atoms with E-state index in [2.05, 4.69) is 10.1 Å². The van der Waals surface area contributed by atoms with Crippen LogP contribution in [0.25, 0.3) is 6.08 Å². The summed E-state index contributed by atoms with van der Waals surface area (Å²) in [6.45, 7) is 0. The van der Waals surface area contributed by atoms with E-state index in [1.165, 1.54) is 31.0 Å². The Labute approximate surface area is 210 Å². The molecule has 1 heterocycles. The highest BCUT2D eigenvalue weighted by molar-refractivity contribution is 8.04. The van der Waals surface area contributed by atoms with E-state index in [9.17, 15) is 18.0 Å². The Bertz CT molecular complexity index is 1410. The molecule has 0 bridgehead atoms. The van der Waals surface area contributed by atoms with Crippen LogP contribution in [0, 0.1) is 0 Å². The van der Waals surface area contributed by atoms with E-state index in [0.29, 0.717) is 26.6 Å². The van der Waals surface area contributed by atoms with Crippen molar-refractivity contribution in [3.8, 4) is 0 Å². The molecule has 1 N–H and O–H groups in total. The first-order valence-corrected chi connectivity index (χ1v) is 13.1. The number of carbonyl (C=O) groups excluding carboxylic acids is 2. The summed E-state index contributed by atoms with van der Waals surface area (Å²) in [5.74, 6) is -1.17. The molecule has 10 heteroatoms. The van der Waals surface area contributed by atoms with Gasteiger partial charge in [-0.05, 0) is 54.1 Å². The van der Waals surface area contributed by atoms with Crippen LogP contribution < -0.4 is 5.32 Å². The molecule has 3 aromatic rings. The molecule has 0 spiro atoms. The number of hydrogen-bond donors (Lipinski definition) is 1. The third kappa shape index (κ3) is 5.15. The van der Waals surface area contributed by atoms with E-state index < -0.39 is 15.8 Å². The SMILES string of the molecule is COC(=O)c1ccc(C=C2Sc3ccc(S(=O)(=O)Cc4c(Cl)cccc4Cl)cc3NC2=O)cc1. The fourth-order valence-corrected chi connectivity index (χ4v) is 6.31. The van der Waals surface area contributed by atoms with E-state index in [0.717, 1.165) is 5.56 Å². The van der Waals surface area contributed by atoms with Gasteiger partial charge in [0.1, 0.15) is 0 Å². The Hall–Kier alpha value is -2.78. The molecule has 174 valence electrons. The first-order valence-electron chi connectivity index (χ1n) is 9.87. The number of ether oxygens (including phenoxy) is 1. The second-order valence-corrected chi connectivity index (χ2v) is 11.2. The summed E-state index contributed by atoms with van der Waals surface area (Å²) in [4.78, 5) is 25.4. The fourth-order valence-electron chi connectivity index (χ4n) is 3.26. The molecule has 0 radical (unpaired) electrons. The molecule has 3 aromatic carbocycles. The van der Waals surface area contributed by atoms with Gasteiger partial charge in [0.25, 0.3) is 5.91 Å². The average Bonchev–Trinajstić information content (AvgIpc) is 2.81. The third-order valence-electron chi connectivity index (χ3n) is 5.03. The molecule has 6 nitrogen and oxygen atoms in total. The molecule has 0 saturated heterocycles. The van der Waals surface area contributed by atoms with Crippen LogP contribution in [-0.4, -0.2) is 27.4 Å². The van der Waals surface area contributed by atoms with Gasteiger partial charge in [-0.3, -0.25) is 4.79 Å². The van der Waals surface area contributed by atoms with Crippen molar-refractivity contribution in [2.24, 2.45) is 0 Å². The van der Waals surface area contributed by atoms with Gasteiger partial charge in [-0.25, -0.2) is 13.2 Å². The Morgan fingerprint density at radius 1 is 1.06 bits per heavy atom. The van der Waals surface area contributed by atoms with Crippen molar-refractivity contribution in [2.75, 3.05) is 12.4 Å². The first kappa shape index (κ1) is 24.3. The van der Waals surface area contributed by atoms with Crippen LogP contribution in [-0.2, 0) is 25.1 Å². The smallest absolute Gasteiger partial charge is 0.337 e. The molecule has 0 unspecified atom stereocenters. The third-order valence-corrected chi connectivity index (χ3v) is 8.48. The van der Waals surface area contributed by atoms with Crippen LogP contribution in [0.2, 0.25) is 10.0 Å². The number of nitrogens with one attached hydrogen (secondary N) is 1. The minimum atomic E-state index is -3.77. The highest BCUT2D eigenvalue weighted by Gasteiger charge is 2.25. The zero-order chi connectivity index (χ0) is 24.5. The van der Waals surface area contributed by atoms with Crippen molar-refractivity contribution in [1.29, 1.82) is 0 Å². The van der Waals surface area contributed by atoms with Crippen molar-refractivity contribution < 1.29 is 22.7 Å². The number of anilines is 1. The highest BCUT2D eigenvalue weighted by Crippen LogP contribution is 2.40. The van der Waals surface area contributed by atoms with E-state index in [1.54, 1.807) is 54.6 Å². The van der Waals surface area contributed by atoms with Gasteiger partial charge in [0, 0.05) is 20.5 Å². The molecule has 1 amide bonds. The summed E-state index contributed by atoms with van der Waals surface area (Å²) in [5, 5.41) is 3.29. The number of carbonyl (C=O) groups is 2. The van der Waals surface area contributed by atoms with E-state index in [4.69, 9.17) is 23.2 Å². The zero-order valence-corrected chi connectivity index (χ0v) is 20.8. The topological polar surface area (TPSA) is 89.5 Å². The Balaban J connectivity index is 1.58. The van der Waals surface area contributed by atoms with Gasteiger partial charge in [-0.1, -0.05) is 53.2 Å². The van der Waals surface area contributed by atoms with E-state index >= 15 is 0 Å². The summed E-state index contributed by atoms with van der Waals surface area (Å²) >= 11 is 13.5. The predicted octanol–water partition coefficient (Wildman–Crippen LogP) is 5.84. The van der Waals surface area contributed by atoms with Crippen molar-refractivity contribution in [2.45, 2.75) is 15.5 Å². The molecule has 1 aliphatic rings. The van der Waals surface area contributed by atoms with Crippen molar-refractivity contribution in [3.63, 3.8) is 0 Å². The molecule has 0 aliphatic carbocycles. The lowest BCUT2D eigenvalue weighted by atomic mass is 10.1. The highest BCUT2D eigenvalue weighted by atomic mass is 35.5. The van der Waals surface area contributed by atoms with Gasteiger partial charge >= 0.3 is 5.97 Å². The molecule has 0 aromatic heterocycles. The van der Waals surface area contributed by atoms with Crippen molar-refractivity contribution in [1.82, 2.24) is 0 Å². The number of hydrogen-bond acceptors (Lipinski definition) is 6. The average molecular weight is 534 g/mol. The van der Waals surface area contributed by atoms with Gasteiger partial charge in [-0.2, -0.15) is 0 Å². The summed E-state index contributed by atoms with van der Waals surface area (Å²) in [6.07, 6.45) is 1.69. The lowest BCUT2D eigenvalue weighted by molar-refractivity contribution is -0.112. The normalized spacial score (nSPS) is 14.4. The number of fused-ring (bicyclic) bond motifs is 1. The number of benzene rings is 3. The number of esters is 1. The summed E-state index contributed by atoms with van der Waals surface area (Å²) in [7, 11) is -2.46. The van der Waals surface area contributed by atoms with Crippen LogP contribution in [0.15, 0.2) is 75.4 Å². The standard InChI is InChI=1S/C24H17Cl2NO5S2/c1-32-24(29)15-7-5-14(6-8-15)11-22-23(28)27-20-12-16(9-10-21(20)33-22)34(30,31)13-17-18(25)3-2-4-19(17)26/h2-12H,13H2,1H3,(H,27,28). The van der Waals surface area contributed by atoms with Crippen LogP contribution >= 0.6 is 35.0 Å². The molecular formula is C24H17Cl2NO5S2. The van der Waals surface area contributed by atoms with Crippen LogP contribution in [0.4, 0.5) is 5.69 Å². The maximum Gasteiger partial charge on any atom is 0.337 e. The van der Waals surface area contributed by atoms with Crippen molar-refractivity contribution >= 4 is 68.4 Å². The predicted molar refractivity (Wildman–Crippen MR) is 134 cm³/mol. The number of thioether (sulfide) groups is 1. The van der Waals surface area contributed by atoms with Gasteiger partial charge < -0.3 is 10.1 Å². The molecule has 4 rings (SSSR count). The van der Waals surface area contributed by atoms with E-state index in [-0.39, 0.29) is 26.6 Å². The van der Waals surface area contributed by atoms with Gasteiger partial charge in [0.05, 0.1) is 33.9 Å². The second-order valence-electron chi connectivity index (χ2n) is 7.30. The molecule has 34 heavy (non-hydrogen) atoms.